The normalized spacial score (nSPS) is 31.0. The zero-order valence-corrected chi connectivity index (χ0v) is 14.4. The number of allylic oxidation sites excluding steroid dienone is 1. The third-order valence-electron chi connectivity index (χ3n) is 6.15. The van der Waals surface area contributed by atoms with Crippen molar-refractivity contribution in [2.45, 2.75) is 43.7 Å². The van der Waals surface area contributed by atoms with E-state index in [1.54, 1.807) is 24.3 Å². The number of carboxylic acid groups (broad SMARTS) is 1. The van der Waals surface area contributed by atoms with Gasteiger partial charge in [0.15, 0.2) is 0 Å². The molecule has 1 aliphatic carbocycles. The number of rotatable bonds is 4. The molecule has 4 heteroatoms. The molecule has 4 nitrogen and oxygen atoms in total. The van der Waals surface area contributed by atoms with Gasteiger partial charge in [-0.05, 0) is 67.8 Å². The Morgan fingerprint density at radius 1 is 1.16 bits per heavy atom. The van der Waals surface area contributed by atoms with Crippen LogP contribution in [0, 0.1) is 5.92 Å². The summed E-state index contributed by atoms with van der Waals surface area (Å²) < 4.78 is 0. The van der Waals surface area contributed by atoms with Crippen LogP contribution in [0.25, 0.3) is 0 Å². The molecule has 1 aromatic rings. The fraction of sp³-hybridized carbons (Fsp3) is 0.476. The lowest BCUT2D eigenvalue weighted by Crippen LogP contribution is -2.51. The Hall–Kier alpha value is -1.91. The molecule has 2 N–H and O–H groups in total. The second kappa shape index (κ2) is 6.43. The highest BCUT2D eigenvalue weighted by Gasteiger charge is 2.45. The molecule has 2 unspecified atom stereocenters. The number of carboxylic acids is 1. The lowest BCUT2D eigenvalue weighted by atomic mass is 9.73. The van der Waals surface area contributed by atoms with Gasteiger partial charge in [0.1, 0.15) is 0 Å². The summed E-state index contributed by atoms with van der Waals surface area (Å²) in [5.74, 6) is -0.460. The van der Waals surface area contributed by atoms with Crippen molar-refractivity contribution in [1.82, 2.24) is 4.90 Å². The molecule has 3 aliphatic heterocycles. The molecule has 0 spiro atoms. The highest BCUT2D eigenvalue weighted by molar-refractivity contribution is 5.85. The molecule has 132 valence electrons. The van der Waals surface area contributed by atoms with E-state index in [1.165, 1.54) is 12.8 Å². The summed E-state index contributed by atoms with van der Waals surface area (Å²) in [6.07, 6.45) is 9.18. The van der Waals surface area contributed by atoms with E-state index >= 15 is 0 Å². The third kappa shape index (κ3) is 2.74. The van der Waals surface area contributed by atoms with Crippen LogP contribution in [0.1, 0.15) is 37.7 Å². The topological polar surface area (TPSA) is 60.8 Å². The molecule has 5 rings (SSSR count). The zero-order chi connectivity index (χ0) is 17.4. The fourth-order valence-corrected chi connectivity index (χ4v) is 4.78. The minimum Gasteiger partial charge on any atom is -0.479 e. The smallest absolute Gasteiger partial charge is 0.345 e. The Morgan fingerprint density at radius 2 is 1.88 bits per heavy atom. The summed E-state index contributed by atoms with van der Waals surface area (Å²) in [4.78, 5) is 14.7. The average molecular weight is 339 g/mol. The van der Waals surface area contributed by atoms with Crippen LogP contribution in [-0.2, 0) is 10.4 Å². The lowest BCUT2D eigenvalue weighted by Gasteiger charge is -2.48. The first-order valence-electron chi connectivity index (χ1n) is 9.26. The van der Waals surface area contributed by atoms with Gasteiger partial charge in [-0.1, -0.05) is 42.5 Å². The van der Waals surface area contributed by atoms with Gasteiger partial charge in [0, 0.05) is 6.04 Å². The maximum atomic E-state index is 12.2. The maximum absolute atomic E-state index is 12.2. The number of nitrogens with zero attached hydrogens (tertiary/aromatic N) is 1. The number of hydrogen-bond donors (Lipinski definition) is 2. The van der Waals surface area contributed by atoms with Crippen molar-refractivity contribution in [3.63, 3.8) is 0 Å². The van der Waals surface area contributed by atoms with E-state index in [-0.39, 0.29) is 6.04 Å². The molecule has 0 saturated carbocycles. The van der Waals surface area contributed by atoms with Crippen LogP contribution in [0.5, 0.6) is 0 Å². The first kappa shape index (κ1) is 16.6. The highest BCUT2D eigenvalue weighted by Crippen LogP contribution is 2.43. The quantitative estimate of drug-likeness (QED) is 0.885. The van der Waals surface area contributed by atoms with Gasteiger partial charge >= 0.3 is 5.97 Å². The van der Waals surface area contributed by atoms with Crippen molar-refractivity contribution in [3.05, 3.63) is 59.2 Å². The van der Waals surface area contributed by atoms with Crippen LogP contribution in [-0.4, -0.2) is 40.2 Å². The van der Waals surface area contributed by atoms with Crippen molar-refractivity contribution in [3.8, 4) is 0 Å². The zero-order valence-electron chi connectivity index (χ0n) is 14.4. The van der Waals surface area contributed by atoms with Crippen molar-refractivity contribution in [2.24, 2.45) is 5.92 Å². The Kier molecular flexibility index (Phi) is 4.26. The summed E-state index contributed by atoms with van der Waals surface area (Å²) in [5, 5.41) is 21.3. The molecule has 2 atom stereocenters. The number of piperidine rings is 3. The fourth-order valence-electron chi connectivity index (χ4n) is 4.78. The number of benzene rings is 1. The predicted molar refractivity (Wildman–Crippen MR) is 96.1 cm³/mol. The first-order valence-corrected chi connectivity index (χ1v) is 9.26. The second-order valence-electron chi connectivity index (χ2n) is 7.49. The average Bonchev–Trinajstić information content (AvgIpc) is 2.68. The molecule has 1 aromatic carbocycles. The van der Waals surface area contributed by atoms with E-state index in [9.17, 15) is 15.0 Å². The minimum atomic E-state index is -1.98. The second-order valence-corrected chi connectivity index (χ2v) is 7.49. The van der Waals surface area contributed by atoms with E-state index in [0.29, 0.717) is 11.1 Å². The van der Waals surface area contributed by atoms with E-state index in [2.05, 4.69) is 4.90 Å². The monoisotopic (exact) mass is 339 g/mol. The molecule has 2 bridgehead atoms. The molecule has 25 heavy (non-hydrogen) atoms. The van der Waals surface area contributed by atoms with Gasteiger partial charge in [-0.15, -0.1) is 0 Å². The largest absolute Gasteiger partial charge is 0.479 e. The summed E-state index contributed by atoms with van der Waals surface area (Å²) in [6.45, 7) is 2.18. The van der Waals surface area contributed by atoms with Crippen LogP contribution < -0.4 is 0 Å². The van der Waals surface area contributed by atoms with E-state index in [4.69, 9.17) is 0 Å². The molecular weight excluding hydrogens is 314 g/mol. The Bertz CT molecular complexity index is 716. The van der Waals surface area contributed by atoms with Crippen molar-refractivity contribution in [1.29, 1.82) is 0 Å². The minimum absolute atomic E-state index is 0.280. The predicted octanol–water partition coefficient (Wildman–Crippen LogP) is 3.09. The van der Waals surface area contributed by atoms with Crippen LogP contribution >= 0.6 is 0 Å². The Morgan fingerprint density at radius 3 is 2.48 bits per heavy atom. The van der Waals surface area contributed by atoms with Crippen LogP contribution in [0.2, 0.25) is 0 Å². The Balaban J connectivity index is 1.82. The molecular formula is C21H25NO3. The molecule has 0 aromatic heterocycles. The maximum Gasteiger partial charge on any atom is 0.345 e. The van der Waals surface area contributed by atoms with Gasteiger partial charge < -0.3 is 10.2 Å². The Labute approximate surface area is 148 Å². The van der Waals surface area contributed by atoms with Gasteiger partial charge in [0.25, 0.3) is 0 Å². The first-order chi connectivity index (χ1) is 12.1. The van der Waals surface area contributed by atoms with Crippen molar-refractivity contribution < 1.29 is 15.0 Å². The van der Waals surface area contributed by atoms with E-state index in [1.807, 2.05) is 18.2 Å². The summed E-state index contributed by atoms with van der Waals surface area (Å²) in [6, 6.07) is 9.08. The molecule has 4 aliphatic rings. The van der Waals surface area contributed by atoms with Crippen LogP contribution in [0.4, 0.5) is 0 Å². The molecule has 0 amide bonds. The highest BCUT2D eigenvalue weighted by atomic mass is 16.4. The molecule has 3 saturated heterocycles. The number of carbonyl (C=O) groups is 1. The standard InChI is InChI=1S/C21H25NO3/c23-20(24)21(25,16-6-2-1-3-7-16)18-9-5-4-8-17(18)19-14-15-10-12-22(19)13-11-15/h1-3,5-7,9,15,19,25H,4,8,10-14H2,(H,23,24). The molecule has 3 heterocycles. The van der Waals surface area contributed by atoms with Crippen LogP contribution in [0.15, 0.2) is 53.6 Å². The van der Waals surface area contributed by atoms with Crippen molar-refractivity contribution in [2.75, 3.05) is 13.1 Å². The van der Waals surface area contributed by atoms with Gasteiger partial charge in [-0.25, -0.2) is 4.79 Å². The lowest BCUT2D eigenvalue weighted by molar-refractivity contribution is -0.155. The molecule has 0 radical (unpaired) electrons. The molecule has 3 fully saturated rings. The number of hydrogen-bond acceptors (Lipinski definition) is 3. The summed E-state index contributed by atoms with van der Waals surface area (Å²) in [5.41, 5.74) is 0.152. The van der Waals surface area contributed by atoms with Gasteiger partial charge in [-0.2, -0.15) is 0 Å². The summed E-state index contributed by atoms with van der Waals surface area (Å²) in [7, 11) is 0. The number of aliphatic hydroxyl groups is 1. The van der Waals surface area contributed by atoms with Gasteiger partial charge in [-0.3, -0.25) is 4.90 Å². The SMILES string of the molecule is O=C(O)C(O)(C1=C(C2CC3CCN2CC3)CCC=C1)c1ccccc1. The third-order valence-corrected chi connectivity index (χ3v) is 6.15. The van der Waals surface area contributed by atoms with Gasteiger partial charge in [0.2, 0.25) is 5.60 Å². The van der Waals surface area contributed by atoms with Crippen LogP contribution in [0.3, 0.4) is 0 Å². The van der Waals surface area contributed by atoms with Gasteiger partial charge in [0.05, 0.1) is 0 Å². The van der Waals surface area contributed by atoms with E-state index < -0.39 is 11.6 Å². The summed E-state index contributed by atoms with van der Waals surface area (Å²) >= 11 is 0. The number of aliphatic carboxylic acids is 1. The van der Waals surface area contributed by atoms with E-state index in [0.717, 1.165) is 43.8 Å². The number of fused-ring (bicyclic) bond motifs is 3. The van der Waals surface area contributed by atoms with Crippen molar-refractivity contribution >= 4 is 5.97 Å².